The second-order valence-corrected chi connectivity index (χ2v) is 12.7. The Balaban J connectivity index is 1.21. The number of hydrogen-bond donors (Lipinski definition) is 0. The van der Waals surface area contributed by atoms with Crippen molar-refractivity contribution in [2.24, 2.45) is 0 Å². The number of rotatable bonds is 4. The molecule has 0 atom stereocenters. The molecule has 0 aliphatic rings. The summed E-state index contributed by atoms with van der Waals surface area (Å²) in [6.07, 6.45) is 0. The predicted octanol–water partition coefficient (Wildman–Crippen LogP) is 12.2. The fraction of sp³-hybridized carbons (Fsp3) is 0. The number of aromatic nitrogens is 3. The molecule has 0 spiro atoms. The molecule has 0 saturated carbocycles. The lowest BCUT2D eigenvalue weighted by Gasteiger charge is -2.11. The molecule has 7 aromatic carbocycles. The average molecular weight is 656 g/mol. The topological polar surface area (TPSA) is 78.1 Å². The first-order chi connectivity index (χ1) is 25.3. The molecule has 238 valence electrons. The monoisotopic (exact) mass is 655 g/mol. The van der Waals surface area contributed by atoms with Gasteiger partial charge < -0.3 is 13.3 Å². The van der Waals surface area contributed by atoms with E-state index in [2.05, 4.69) is 42.5 Å². The molecule has 0 bridgehead atoms. The van der Waals surface area contributed by atoms with Gasteiger partial charge in [0.1, 0.15) is 33.5 Å². The molecular formula is C45H25N3O3. The predicted molar refractivity (Wildman–Crippen MR) is 203 cm³/mol. The van der Waals surface area contributed by atoms with Crippen molar-refractivity contribution in [3.63, 3.8) is 0 Å². The van der Waals surface area contributed by atoms with Crippen molar-refractivity contribution in [3.8, 4) is 45.3 Å². The number of benzene rings is 7. The molecule has 0 aliphatic carbocycles. The summed E-state index contributed by atoms with van der Waals surface area (Å²) >= 11 is 0. The maximum Gasteiger partial charge on any atom is 0.164 e. The molecule has 6 heteroatoms. The molecule has 0 aliphatic heterocycles. The Morgan fingerprint density at radius 1 is 0.294 bits per heavy atom. The van der Waals surface area contributed by atoms with Gasteiger partial charge in [0.15, 0.2) is 17.5 Å². The zero-order valence-corrected chi connectivity index (χ0v) is 27.0. The van der Waals surface area contributed by atoms with Crippen LogP contribution in [0, 0.1) is 0 Å². The lowest BCUT2D eigenvalue weighted by atomic mass is 9.95. The largest absolute Gasteiger partial charge is 0.456 e. The Hall–Kier alpha value is -7.05. The highest BCUT2D eigenvalue weighted by Gasteiger charge is 2.23. The molecular weight excluding hydrogens is 631 g/mol. The van der Waals surface area contributed by atoms with E-state index in [1.807, 2.05) is 109 Å². The van der Waals surface area contributed by atoms with Crippen molar-refractivity contribution in [2.75, 3.05) is 0 Å². The van der Waals surface area contributed by atoms with Crippen molar-refractivity contribution in [3.05, 3.63) is 152 Å². The van der Waals surface area contributed by atoms with E-state index in [0.29, 0.717) is 17.5 Å². The summed E-state index contributed by atoms with van der Waals surface area (Å²) in [6, 6.07) is 50.9. The summed E-state index contributed by atoms with van der Waals surface area (Å²) in [6.45, 7) is 0. The zero-order chi connectivity index (χ0) is 33.5. The van der Waals surface area contributed by atoms with E-state index < -0.39 is 0 Å². The lowest BCUT2D eigenvalue weighted by Crippen LogP contribution is -2.01. The number of furan rings is 3. The van der Waals surface area contributed by atoms with E-state index in [-0.39, 0.29) is 0 Å². The van der Waals surface area contributed by atoms with Gasteiger partial charge in [-0.1, -0.05) is 109 Å². The van der Waals surface area contributed by atoms with Crippen LogP contribution in [0.5, 0.6) is 0 Å². The quantitative estimate of drug-likeness (QED) is 0.188. The van der Waals surface area contributed by atoms with E-state index in [9.17, 15) is 0 Å². The molecule has 0 amide bonds. The summed E-state index contributed by atoms with van der Waals surface area (Å²) in [5, 5.41) is 6.03. The first-order valence-corrected chi connectivity index (χ1v) is 16.9. The van der Waals surface area contributed by atoms with Crippen LogP contribution in [0.4, 0.5) is 0 Å². The van der Waals surface area contributed by atoms with Crippen LogP contribution in [0.1, 0.15) is 0 Å². The third-order valence-corrected chi connectivity index (χ3v) is 9.77. The van der Waals surface area contributed by atoms with Gasteiger partial charge in [-0.2, -0.15) is 0 Å². The summed E-state index contributed by atoms with van der Waals surface area (Å²) in [7, 11) is 0. The summed E-state index contributed by atoms with van der Waals surface area (Å²) < 4.78 is 19.3. The Labute approximate surface area is 290 Å². The van der Waals surface area contributed by atoms with Gasteiger partial charge in [-0.15, -0.1) is 0 Å². The SMILES string of the molecule is c1ccc(-c2nc(-c3cccc4oc5ccccc5c34)nc(-c3ccc(-c4cccc5oc6ccccc6c45)c4oc5ccccc5c34)n2)cc1. The molecule has 4 heterocycles. The molecule has 11 aromatic rings. The maximum absolute atomic E-state index is 6.75. The van der Waals surface area contributed by atoms with Crippen LogP contribution in [0.25, 0.3) is 111 Å². The first kappa shape index (κ1) is 27.9. The van der Waals surface area contributed by atoms with Gasteiger partial charge >= 0.3 is 0 Å². The minimum atomic E-state index is 0.554. The average Bonchev–Trinajstić information content (AvgIpc) is 3.89. The summed E-state index contributed by atoms with van der Waals surface area (Å²) in [5.74, 6) is 1.70. The van der Waals surface area contributed by atoms with Gasteiger partial charge in [-0.3, -0.25) is 0 Å². The van der Waals surface area contributed by atoms with Crippen molar-refractivity contribution >= 4 is 65.8 Å². The van der Waals surface area contributed by atoms with Crippen LogP contribution < -0.4 is 0 Å². The minimum absolute atomic E-state index is 0.554. The highest BCUT2D eigenvalue weighted by molar-refractivity contribution is 6.20. The first-order valence-electron chi connectivity index (χ1n) is 16.9. The molecule has 0 fully saturated rings. The summed E-state index contributed by atoms with van der Waals surface area (Å²) in [4.78, 5) is 15.5. The fourth-order valence-corrected chi connectivity index (χ4v) is 7.52. The lowest BCUT2D eigenvalue weighted by molar-refractivity contribution is 0.668. The second-order valence-electron chi connectivity index (χ2n) is 12.7. The van der Waals surface area contributed by atoms with Gasteiger partial charge in [0.05, 0.1) is 0 Å². The highest BCUT2D eigenvalue weighted by atomic mass is 16.3. The normalized spacial score (nSPS) is 11.9. The van der Waals surface area contributed by atoms with Crippen LogP contribution in [0.15, 0.2) is 165 Å². The van der Waals surface area contributed by atoms with Gasteiger partial charge in [0.2, 0.25) is 0 Å². The Morgan fingerprint density at radius 3 is 1.39 bits per heavy atom. The van der Waals surface area contributed by atoms with Crippen molar-refractivity contribution in [1.82, 2.24) is 15.0 Å². The molecule has 0 radical (unpaired) electrons. The summed E-state index contributed by atoms with van der Waals surface area (Å²) in [5.41, 5.74) is 9.47. The van der Waals surface area contributed by atoms with Crippen LogP contribution in [-0.2, 0) is 0 Å². The molecule has 0 unspecified atom stereocenters. The van der Waals surface area contributed by atoms with E-state index in [0.717, 1.165) is 93.6 Å². The molecule has 11 rings (SSSR count). The van der Waals surface area contributed by atoms with E-state index in [1.54, 1.807) is 0 Å². The van der Waals surface area contributed by atoms with Crippen LogP contribution in [0.2, 0.25) is 0 Å². The Morgan fingerprint density at radius 2 is 0.745 bits per heavy atom. The third kappa shape index (κ3) is 4.20. The van der Waals surface area contributed by atoms with Gasteiger partial charge in [-0.05, 0) is 48.0 Å². The number of para-hydroxylation sites is 3. The van der Waals surface area contributed by atoms with Crippen molar-refractivity contribution < 1.29 is 13.3 Å². The Bertz CT molecular complexity index is 3150. The van der Waals surface area contributed by atoms with Crippen LogP contribution >= 0.6 is 0 Å². The van der Waals surface area contributed by atoms with E-state index >= 15 is 0 Å². The smallest absolute Gasteiger partial charge is 0.164 e. The zero-order valence-electron chi connectivity index (χ0n) is 27.0. The maximum atomic E-state index is 6.75. The molecule has 0 N–H and O–H groups in total. The Kier molecular flexibility index (Phi) is 5.86. The molecule has 0 saturated heterocycles. The fourth-order valence-electron chi connectivity index (χ4n) is 7.52. The third-order valence-electron chi connectivity index (χ3n) is 9.77. The van der Waals surface area contributed by atoms with Crippen molar-refractivity contribution in [2.45, 2.75) is 0 Å². The molecule has 6 nitrogen and oxygen atoms in total. The highest BCUT2D eigenvalue weighted by Crippen LogP contribution is 2.45. The van der Waals surface area contributed by atoms with Gasteiger partial charge in [0, 0.05) is 54.6 Å². The number of nitrogens with zero attached hydrogens (tertiary/aromatic N) is 3. The number of hydrogen-bond acceptors (Lipinski definition) is 6. The molecule has 51 heavy (non-hydrogen) atoms. The van der Waals surface area contributed by atoms with Crippen LogP contribution in [0.3, 0.4) is 0 Å². The van der Waals surface area contributed by atoms with E-state index in [4.69, 9.17) is 28.2 Å². The van der Waals surface area contributed by atoms with Crippen molar-refractivity contribution in [1.29, 1.82) is 0 Å². The second kappa shape index (κ2) is 10.7. The van der Waals surface area contributed by atoms with E-state index in [1.165, 1.54) is 0 Å². The van der Waals surface area contributed by atoms with Crippen LogP contribution in [-0.4, -0.2) is 15.0 Å². The standard InChI is InChI=1S/C45H25N3O3/c1-2-12-26(13-3-1)43-46-44(32-18-11-23-38-40(32)30-15-5-8-20-35(30)50-38)48-45(47-43)33-25-24-28(42-41(33)31-16-6-9-21-36(31)51-42)27-17-10-22-37-39(27)29-14-4-7-19-34(29)49-37/h1-25H. The van der Waals surface area contributed by atoms with Gasteiger partial charge in [-0.25, -0.2) is 15.0 Å². The van der Waals surface area contributed by atoms with Gasteiger partial charge in [0.25, 0.3) is 0 Å². The number of fused-ring (bicyclic) bond motifs is 9. The minimum Gasteiger partial charge on any atom is -0.456 e. The molecule has 4 aromatic heterocycles.